The van der Waals surface area contributed by atoms with Gasteiger partial charge in [0.15, 0.2) is 0 Å². The van der Waals surface area contributed by atoms with Crippen LogP contribution in [-0.2, 0) is 0 Å². The van der Waals surface area contributed by atoms with Crippen LogP contribution in [0.15, 0.2) is 62.2 Å². The number of halogens is 2. The summed E-state index contributed by atoms with van der Waals surface area (Å²) < 4.78 is 8.00. The highest BCUT2D eigenvalue weighted by Crippen LogP contribution is 2.34. The summed E-state index contributed by atoms with van der Waals surface area (Å²) in [5, 5.41) is 10.6. The van der Waals surface area contributed by atoms with Gasteiger partial charge in [0.2, 0.25) is 11.8 Å². The van der Waals surface area contributed by atoms with Crippen LogP contribution in [0.25, 0.3) is 44.7 Å². The van der Waals surface area contributed by atoms with Crippen molar-refractivity contribution in [2.24, 2.45) is 0 Å². The van der Waals surface area contributed by atoms with Gasteiger partial charge in [0.1, 0.15) is 0 Å². The van der Waals surface area contributed by atoms with E-state index in [4.69, 9.17) is 4.42 Å². The first-order valence-corrected chi connectivity index (χ1v) is 9.15. The van der Waals surface area contributed by atoms with Crippen LogP contribution >= 0.6 is 31.9 Å². The molecule has 0 fully saturated rings. The summed E-state index contributed by atoms with van der Waals surface area (Å²) in [6.45, 7) is 0. The Morgan fingerprint density at radius 2 is 1.20 bits per heavy atom. The first-order chi connectivity index (χ1) is 12.2. The molecule has 0 amide bonds. The Bertz CT molecular complexity index is 1140. The van der Waals surface area contributed by atoms with E-state index < -0.39 is 0 Å². The lowest BCUT2D eigenvalue weighted by atomic mass is 10.2. The van der Waals surface area contributed by atoms with Gasteiger partial charge in [-0.2, -0.15) is 0 Å². The maximum Gasteiger partial charge on any atom is 0.250 e. The van der Waals surface area contributed by atoms with Crippen LogP contribution in [0.2, 0.25) is 0 Å². The van der Waals surface area contributed by atoms with Crippen molar-refractivity contribution >= 4 is 53.7 Å². The molecular weight excluding hydrogens is 448 g/mol. The summed E-state index contributed by atoms with van der Waals surface area (Å²) in [6.07, 6.45) is 3.78. The summed E-state index contributed by atoms with van der Waals surface area (Å²) >= 11 is 6.96. The lowest BCUT2D eigenvalue weighted by Crippen LogP contribution is -1.76. The predicted molar refractivity (Wildman–Crippen MR) is 104 cm³/mol. The minimum absolute atomic E-state index is 0.495. The van der Waals surface area contributed by atoms with Gasteiger partial charge in [0.25, 0.3) is 0 Å². The Balaban J connectivity index is 1.62. The summed E-state index contributed by atoms with van der Waals surface area (Å²) in [6, 6.07) is 12.1. The molecule has 5 rings (SSSR count). The number of nitrogens with zero attached hydrogens (tertiary/aromatic N) is 2. The molecule has 0 atom stereocenters. The third kappa shape index (κ3) is 2.42. The molecule has 0 aliphatic heterocycles. The predicted octanol–water partition coefficient (Wildman–Crippen LogP) is 5.89. The number of hydrogen-bond donors (Lipinski definition) is 2. The lowest BCUT2D eigenvalue weighted by molar-refractivity contribution is 0.586. The number of benzene rings is 2. The third-order valence-electron chi connectivity index (χ3n) is 4.17. The summed E-state index contributed by atoms with van der Waals surface area (Å²) in [5.41, 5.74) is 3.81. The van der Waals surface area contributed by atoms with Gasteiger partial charge in [-0.25, -0.2) is 0 Å². The zero-order valence-corrected chi connectivity index (χ0v) is 15.8. The summed E-state index contributed by atoms with van der Waals surface area (Å²) in [4.78, 5) is 6.48. The number of fused-ring (bicyclic) bond motifs is 2. The van der Waals surface area contributed by atoms with Gasteiger partial charge in [-0.1, -0.05) is 44.0 Å². The van der Waals surface area contributed by atoms with Gasteiger partial charge >= 0.3 is 0 Å². The average Bonchev–Trinajstić information content (AvgIpc) is 3.30. The first kappa shape index (κ1) is 14.9. The maximum atomic E-state index is 5.96. The Morgan fingerprint density at radius 3 is 1.68 bits per heavy atom. The zero-order chi connectivity index (χ0) is 17.0. The van der Waals surface area contributed by atoms with Crippen molar-refractivity contribution in [3.8, 4) is 22.9 Å². The molecule has 0 aliphatic rings. The van der Waals surface area contributed by atoms with E-state index in [0.29, 0.717) is 11.8 Å². The maximum absolute atomic E-state index is 5.96. The van der Waals surface area contributed by atoms with Crippen LogP contribution in [0.5, 0.6) is 0 Å². The van der Waals surface area contributed by atoms with Gasteiger partial charge in [-0.05, 0) is 24.3 Å². The molecule has 0 unspecified atom stereocenters. The molecule has 0 saturated carbocycles. The van der Waals surface area contributed by atoms with Gasteiger partial charge in [0.05, 0.1) is 11.1 Å². The molecule has 25 heavy (non-hydrogen) atoms. The first-order valence-electron chi connectivity index (χ1n) is 7.56. The van der Waals surface area contributed by atoms with Crippen LogP contribution in [0.4, 0.5) is 0 Å². The van der Waals surface area contributed by atoms with Crippen molar-refractivity contribution < 1.29 is 4.42 Å². The Morgan fingerprint density at radius 1 is 0.720 bits per heavy atom. The number of hydrogen-bond acceptors (Lipinski definition) is 3. The molecule has 2 aromatic carbocycles. The van der Waals surface area contributed by atoms with Crippen LogP contribution in [-0.4, -0.2) is 20.2 Å². The Hall–Kier alpha value is -2.38. The fourth-order valence-corrected chi connectivity index (χ4v) is 3.71. The van der Waals surface area contributed by atoms with E-state index in [-0.39, 0.29) is 0 Å². The number of H-pyrrole nitrogens is 2. The standard InChI is InChI=1S/C18H10Br2N4O/c19-9-1-3-11-13(7-21-15(11)5-9)17-23-24-18(25-17)14-8-22-16-6-10(20)2-4-12(14)16/h1-8,21-22H. The Kier molecular flexibility index (Phi) is 3.33. The van der Waals surface area contributed by atoms with E-state index in [1.165, 1.54) is 0 Å². The minimum Gasteiger partial charge on any atom is -0.416 e. The fourth-order valence-electron chi connectivity index (χ4n) is 2.99. The highest BCUT2D eigenvalue weighted by atomic mass is 79.9. The normalized spacial score (nSPS) is 11.6. The van der Waals surface area contributed by atoms with Gasteiger partial charge in [-0.3, -0.25) is 0 Å². The van der Waals surface area contributed by atoms with E-state index in [2.05, 4.69) is 52.0 Å². The molecule has 122 valence electrons. The molecule has 0 aliphatic carbocycles. The highest BCUT2D eigenvalue weighted by Gasteiger charge is 2.17. The number of aromatic nitrogens is 4. The molecular formula is C18H10Br2N4O. The zero-order valence-electron chi connectivity index (χ0n) is 12.7. The molecule has 7 heteroatoms. The van der Waals surface area contributed by atoms with Gasteiger partial charge in [0, 0.05) is 43.1 Å². The fraction of sp³-hybridized carbons (Fsp3) is 0. The molecule has 0 radical (unpaired) electrons. The smallest absolute Gasteiger partial charge is 0.250 e. The summed E-state index contributed by atoms with van der Waals surface area (Å²) in [5.74, 6) is 0.991. The number of rotatable bonds is 2. The number of aromatic amines is 2. The third-order valence-corrected chi connectivity index (χ3v) is 5.16. The van der Waals surface area contributed by atoms with Crippen molar-refractivity contribution in [2.75, 3.05) is 0 Å². The van der Waals surface area contributed by atoms with Gasteiger partial charge < -0.3 is 14.4 Å². The van der Waals surface area contributed by atoms with E-state index in [0.717, 1.165) is 41.9 Å². The lowest BCUT2D eigenvalue weighted by Gasteiger charge is -1.95. The summed E-state index contributed by atoms with van der Waals surface area (Å²) in [7, 11) is 0. The molecule has 0 bridgehead atoms. The van der Waals surface area contributed by atoms with E-state index in [1.54, 1.807) is 0 Å². The average molecular weight is 458 g/mol. The number of nitrogens with one attached hydrogen (secondary N) is 2. The van der Waals surface area contributed by atoms with E-state index >= 15 is 0 Å². The molecule has 5 aromatic rings. The van der Waals surface area contributed by atoms with Crippen molar-refractivity contribution in [2.45, 2.75) is 0 Å². The second-order valence-corrected chi connectivity index (χ2v) is 7.53. The van der Waals surface area contributed by atoms with Crippen molar-refractivity contribution in [3.05, 3.63) is 57.7 Å². The second-order valence-electron chi connectivity index (χ2n) is 5.70. The molecule has 0 spiro atoms. The highest BCUT2D eigenvalue weighted by molar-refractivity contribution is 9.10. The second kappa shape index (κ2) is 5.57. The minimum atomic E-state index is 0.495. The van der Waals surface area contributed by atoms with E-state index in [1.807, 2.05) is 48.8 Å². The largest absolute Gasteiger partial charge is 0.416 e. The van der Waals surface area contributed by atoms with E-state index in [9.17, 15) is 0 Å². The molecule has 5 nitrogen and oxygen atoms in total. The van der Waals surface area contributed by atoms with Gasteiger partial charge in [-0.15, -0.1) is 10.2 Å². The molecule has 2 N–H and O–H groups in total. The molecule has 3 heterocycles. The topological polar surface area (TPSA) is 70.5 Å². The quantitative estimate of drug-likeness (QED) is 0.347. The van der Waals surface area contributed by atoms with Crippen molar-refractivity contribution in [1.82, 2.24) is 20.2 Å². The van der Waals surface area contributed by atoms with Crippen LogP contribution in [0, 0.1) is 0 Å². The Labute approximate surface area is 158 Å². The van der Waals surface area contributed by atoms with Crippen molar-refractivity contribution in [1.29, 1.82) is 0 Å². The molecule has 0 saturated heterocycles. The monoisotopic (exact) mass is 456 g/mol. The van der Waals surface area contributed by atoms with Crippen molar-refractivity contribution in [3.63, 3.8) is 0 Å². The molecule has 3 aromatic heterocycles. The SMILES string of the molecule is Brc1ccc2c(-c3nnc(-c4c[nH]c5cc(Br)ccc45)o3)c[nH]c2c1. The van der Waals surface area contributed by atoms with Crippen LogP contribution in [0.3, 0.4) is 0 Å². The van der Waals surface area contributed by atoms with Crippen LogP contribution in [0.1, 0.15) is 0 Å². The van der Waals surface area contributed by atoms with Crippen LogP contribution < -0.4 is 0 Å².